The molecular formula is C10H22N10O8+2. The quantitative estimate of drug-likeness (QED) is 0.282. The molecule has 2 N–H and O–H groups in total. The first-order chi connectivity index (χ1) is 13.2. The second-order valence-corrected chi connectivity index (χ2v) is 6.32. The fraction of sp³-hybridized carbons (Fsp3) is 1.00. The van der Waals surface area contributed by atoms with E-state index in [2.05, 4.69) is 5.32 Å². The zero-order valence-corrected chi connectivity index (χ0v) is 14.9. The molecule has 0 aromatic carbocycles. The van der Waals surface area contributed by atoms with Crippen LogP contribution in [-0.4, -0.2) is 103 Å². The van der Waals surface area contributed by atoms with Crippen LogP contribution in [0.3, 0.4) is 0 Å². The summed E-state index contributed by atoms with van der Waals surface area (Å²) in [6, 6.07) is 0. The fourth-order valence-corrected chi connectivity index (χ4v) is 3.05. The Kier molecular flexibility index (Phi) is 6.72. The van der Waals surface area contributed by atoms with Gasteiger partial charge in [0.05, 0.1) is 19.8 Å². The molecule has 2 heterocycles. The second-order valence-electron chi connectivity index (χ2n) is 6.32. The van der Waals surface area contributed by atoms with Crippen LogP contribution >= 0.6 is 0 Å². The first-order valence-electron chi connectivity index (χ1n) is 8.35. The molecule has 0 saturated carbocycles. The maximum absolute atomic E-state index is 11.3. The Morgan fingerprint density at radius 1 is 0.857 bits per heavy atom. The van der Waals surface area contributed by atoms with Crippen molar-refractivity contribution in [2.45, 2.75) is 12.8 Å². The minimum absolute atomic E-state index is 0.0394. The Morgan fingerprint density at radius 3 is 2.04 bits per heavy atom. The number of hydrogen-bond acceptors (Lipinski definition) is 10. The lowest BCUT2D eigenvalue weighted by Crippen LogP contribution is -2.66. The zero-order valence-electron chi connectivity index (χ0n) is 14.9. The van der Waals surface area contributed by atoms with Crippen molar-refractivity contribution in [1.82, 2.24) is 25.4 Å². The molecule has 2 rings (SSSR count). The number of quaternary nitrogens is 1. The molecule has 0 unspecified atom stereocenters. The third-order valence-electron chi connectivity index (χ3n) is 4.56. The van der Waals surface area contributed by atoms with Gasteiger partial charge in [-0.3, -0.25) is 0 Å². The smallest absolute Gasteiger partial charge is 0.246 e. The van der Waals surface area contributed by atoms with Gasteiger partial charge in [0.15, 0.2) is 5.03 Å². The summed E-state index contributed by atoms with van der Waals surface area (Å²) in [6.45, 7) is -1.21. The maximum Gasteiger partial charge on any atom is 0.358 e. The monoisotopic (exact) mass is 410 g/mol. The normalized spacial score (nSPS) is 22.4. The number of nitrogens with one attached hydrogen (secondary N) is 1. The summed E-state index contributed by atoms with van der Waals surface area (Å²) in [4.78, 5) is 44.9. The Labute approximate surface area is 157 Å². The summed E-state index contributed by atoms with van der Waals surface area (Å²) in [6.07, 6.45) is 0.330. The zero-order chi connectivity index (χ0) is 20.9. The van der Waals surface area contributed by atoms with Crippen LogP contribution in [0.4, 0.5) is 0 Å². The average Bonchev–Trinajstić information content (AvgIpc) is 2.54. The summed E-state index contributed by atoms with van der Waals surface area (Å²) in [5.41, 5.74) is 0. The molecule has 0 aromatic rings. The molecule has 2 aliphatic heterocycles. The van der Waals surface area contributed by atoms with Crippen molar-refractivity contribution in [3.63, 3.8) is 0 Å². The van der Waals surface area contributed by atoms with Gasteiger partial charge in [-0.1, -0.05) is 5.01 Å². The summed E-state index contributed by atoms with van der Waals surface area (Å²) in [5.74, 6) is 0. The molecule has 0 amide bonds. The molecule has 0 bridgehead atoms. The van der Waals surface area contributed by atoms with Crippen LogP contribution in [0.2, 0.25) is 0 Å². The van der Waals surface area contributed by atoms with E-state index in [1.54, 1.807) is 5.01 Å². The Morgan fingerprint density at radius 2 is 1.46 bits per heavy atom. The van der Waals surface area contributed by atoms with E-state index in [1.807, 2.05) is 0 Å². The number of rotatable bonds is 5. The van der Waals surface area contributed by atoms with E-state index in [1.165, 1.54) is 5.01 Å². The largest absolute Gasteiger partial charge is 0.358 e. The highest BCUT2D eigenvalue weighted by Crippen LogP contribution is 2.14. The van der Waals surface area contributed by atoms with Crippen molar-refractivity contribution < 1.29 is 30.0 Å². The van der Waals surface area contributed by atoms with Crippen molar-refractivity contribution in [2.24, 2.45) is 0 Å². The highest BCUT2D eigenvalue weighted by Gasteiger charge is 2.54. The number of nitrogens with zero attached hydrogens (tertiary/aromatic N) is 9. The molecule has 0 radical (unpaired) electrons. The summed E-state index contributed by atoms with van der Waals surface area (Å²) in [5, 5.41) is 47.5. The lowest BCUT2D eigenvalue weighted by atomic mass is 10.3. The molecule has 28 heavy (non-hydrogen) atoms. The predicted octanol–water partition coefficient (Wildman–Crippen LogP) is -2.19. The molecule has 2 fully saturated rings. The van der Waals surface area contributed by atoms with E-state index in [4.69, 9.17) is 0 Å². The van der Waals surface area contributed by atoms with Gasteiger partial charge < -0.3 is 0 Å². The van der Waals surface area contributed by atoms with E-state index < -0.39 is 33.0 Å². The van der Waals surface area contributed by atoms with Crippen molar-refractivity contribution in [1.29, 1.82) is 0 Å². The molecule has 0 aliphatic carbocycles. The molecule has 0 spiro atoms. The van der Waals surface area contributed by atoms with E-state index in [-0.39, 0.29) is 57.5 Å². The van der Waals surface area contributed by atoms with Crippen LogP contribution in [0.5, 0.6) is 0 Å². The SMILES string of the molecule is O=[N+]([O-])N1CCCN([N+](=O)O)CN(N2CCC[N+]([N+](=O)[O-])([N+](=O)[O-])CNC2)C1. The van der Waals surface area contributed by atoms with Crippen LogP contribution in [0.25, 0.3) is 0 Å². The van der Waals surface area contributed by atoms with Gasteiger partial charge in [-0.05, 0) is 6.42 Å². The minimum Gasteiger partial charge on any atom is -0.246 e. The van der Waals surface area contributed by atoms with E-state index in [0.29, 0.717) is 0 Å². The number of hydrazine groups is 3. The summed E-state index contributed by atoms with van der Waals surface area (Å²) >= 11 is 0. The molecule has 0 aromatic heterocycles. The van der Waals surface area contributed by atoms with Crippen molar-refractivity contribution in [3.8, 4) is 0 Å². The van der Waals surface area contributed by atoms with Crippen LogP contribution < -0.4 is 5.32 Å². The fourth-order valence-electron chi connectivity index (χ4n) is 3.05. The van der Waals surface area contributed by atoms with Gasteiger partial charge in [0, 0.05) is 13.0 Å². The van der Waals surface area contributed by atoms with Crippen LogP contribution in [-0.2, 0) is 0 Å². The number of hydrogen-bond donors (Lipinski definition) is 2. The predicted molar refractivity (Wildman–Crippen MR) is 85.3 cm³/mol. The Hall–Kier alpha value is -2.96. The van der Waals surface area contributed by atoms with Gasteiger partial charge in [0.25, 0.3) is 6.67 Å². The molecule has 18 heteroatoms. The van der Waals surface area contributed by atoms with Crippen molar-refractivity contribution >= 4 is 0 Å². The van der Waals surface area contributed by atoms with Gasteiger partial charge in [-0.2, -0.15) is 5.01 Å². The minimum atomic E-state index is -1.58. The maximum atomic E-state index is 11.3. The lowest BCUT2D eigenvalue weighted by molar-refractivity contribution is -1.56. The van der Waals surface area contributed by atoms with Crippen LogP contribution in [0.15, 0.2) is 0 Å². The standard InChI is InChI=1S/C10H22N10O8/c21-16(22)13-3-1-4-14(17(23)24)10-15(9-13)12-5-2-6-20(18(25)26,19(27)28)8-11-7-12/h11H,1-10H2,(H,21,22)/q+2. The van der Waals surface area contributed by atoms with Gasteiger partial charge in [0.1, 0.15) is 18.2 Å². The third-order valence-corrected chi connectivity index (χ3v) is 4.56. The Bertz CT molecular complexity index is 583. The number of nitro groups is 3. The molecular weight excluding hydrogens is 388 g/mol. The van der Waals surface area contributed by atoms with E-state index in [0.717, 1.165) is 10.0 Å². The highest BCUT2D eigenvalue weighted by atomic mass is 16.8. The van der Waals surface area contributed by atoms with E-state index in [9.17, 15) is 40.5 Å². The van der Waals surface area contributed by atoms with Crippen LogP contribution in [0.1, 0.15) is 12.8 Å². The average molecular weight is 410 g/mol. The topological polar surface area (TPSA) is 195 Å². The molecule has 2 saturated heterocycles. The summed E-state index contributed by atoms with van der Waals surface area (Å²) in [7, 11) is 0. The summed E-state index contributed by atoms with van der Waals surface area (Å²) < 4.78 is -1.58. The second kappa shape index (κ2) is 8.82. The highest BCUT2D eigenvalue weighted by molar-refractivity contribution is 4.62. The van der Waals surface area contributed by atoms with Gasteiger partial charge in [-0.25, -0.2) is 45.9 Å². The lowest BCUT2D eigenvalue weighted by Gasteiger charge is -2.38. The molecule has 18 nitrogen and oxygen atoms in total. The van der Waals surface area contributed by atoms with Crippen molar-refractivity contribution in [2.75, 3.05) is 52.9 Å². The van der Waals surface area contributed by atoms with Gasteiger partial charge in [0.2, 0.25) is 11.2 Å². The molecule has 158 valence electrons. The van der Waals surface area contributed by atoms with Crippen molar-refractivity contribution in [3.05, 3.63) is 35.3 Å². The first kappa shape index (κ1) is 21.3. The van der Waals surface area contributed by atoms with Gasteiger partial charge in [-0.15, -0.1) is 5.01 Å². The third kappa shape index (κ3) is 4.65. The first-order valence-corrected chi connectivity index (χ1v) is 8.35. The van der Waals surface area contributed by atoms with E-state index >= 15 is 0 Å². The molecule has 0 atom stereocenters. The molecule has 2 aliphatic rings. The van der Waals surface area contributed by atoms with Crippen LogP contribution in [0, 0.1) is 35.3 Å². The Balaban J connectivity index is 2.14. The van der Waals surface area contributed by atoms with Gasteiger partial charge >= 0.3 is 15.1 Å².